The maximum Gasteiger partial charge on any atom is 0.484 e. The molecule has 0 aliphatic rings. The standard InChI is InChI=1S/C8H6F3NO.C6H5ClN4/c9-8(10,11)12-7(13)6-4-2-1-3-5-6;1-11-5-4(3-9-11)2-8-6(7)10-5/h1-5H,(H,12,13);2-3H,1H3. The lowest BCUT2D eigenvalue weighted by Gasteiger charge is -2.07. The van der Waals surface area contributed by atoms with Crippen molar-refractivity contribution in [3.63, 3.8) is 0 Å². The van der Waals surface area contributed by atoms with Crippen LogP contribution >= 0.6 is 11.6 Å². The Morgan fingerprint density at radius 3 is 2.50 bits per heavy atom. The molecule has 2 heterocycles. The number of nitrogens with one attached hydrogen (secondary N) is 1. The molecule has 0 saturated heterocycles. The number of alkyl halides is 3. The highest BCUT2D eigenvalue weighted by Gasteiger charge is 2.30. The first-order chi connectivity index (χ1) is 11.3. The van der Waals surface area contributed by atoms with Crippen LogP contribution in [0.15, 0.2) is 42.7 Å². The summed E-state index contributed by atoms with van der Waals surface area (Å²) in [5.74, 6) is -1.15. The van der Waals surface area contributed by atoms with Crippen LogP contribution in [0.2, 0.25) is 5.28 Å². The quantitative estimate of drug-likeness (QED) is 0.537. The summed E-state index contributed by atoms with van der Waals surface area (Å²) in [7, 11) is 1.81. The Balaban J connectivity index is 0.000000175. The summed E-state index contributed by atoms with van der Waals surface area (Å²) in [5.41, 5.74) is 0.741. The summed E-state index contributed by atoms with van der Waals surface area (Å²) in [6, 6.07) is 7.21. The Morgan fingerprint density at radius 2 is 1.88 bits per heavy atom. The lowest BCUT2D eigenvalue weighted by Crippen LogP contribution is -2.37. The van der Waals surface area contributed by atoms with E-state index in [1.165, 1.54) is 24.3 Å². The highest BCUT2D eigenvalue weighted by Crippen LogP contribution is 2.11. The Labute approximate surface area is 139 Å². The van der Waals surface area contributed by atoms with Gasteiger partial charge in [-0.15, -0.1) is 0 Å². The van der Waals surface area contributed by atoms with Crippen LogP contribution in [0.4, 0.5) is 13.2 Å². The van der Waals surface area contributed by atoms with Gasteiger partial charge in [0.25, 0.3) is 5.91 Å². The van der Waals surface area contributed by atoms with E-state index in [1.807, 2.05) is 7.05 Å². The van der Waals surface area contributed by atoms with E-state index in [9.17, 15) is 18.0 Å². The van der Waals surface area contributed by atoms with Crippen LogP contribution in [0.25, 0.3) is 11.0 Å². The predicted molar refractivity (Wildman–Crippen MR) is 81.3 cm³/mol. The number of rotatable bonds is 1. The third-order valence-corrected chi connectivity index (χ3v) is 2.92. The molecule has 3 rings (SSSR count). The molecule has 3 aromatic rings. The fraction of sp³-hybridized carbons (Fsp3) is 0.143. The molecule has 2 aromatic heterocycles. The van der Waals surface area contributed by atoms with Gasteiger partial charge in [0.05, 0.1) is 11.6 Å². The van der Waals surface area contributed by atoms with Crippen LogP contribution in [0.3, 0.4) is 0 Å². The van der Waals surface area contributed by atoms with Crippen LogP contribution in [-0.2, 0) is 7.05 Å². The van der Waals surface area contributed by atoms with Gasteiger partial charge in [0, 0.05) is 18.8 Å². The average molecular weight is 358 g/mol. The van der Waals surface area contributed by atoms with Gasteiger partial charge in [0.1, 0.15) is 0 Å². The van der Waals surface area contributed by atoms with Crippen molar-refractivity contribution in [2.75, 3.05) is 0 Å². The van der Waals surface area contributed by atoms with Crippen molar-refractivity contribution in [1.82, 2.24) is 25.1 Å². The molecular formula is C14H11ClF3N5O. The molecule has 24 heavy (non-hydrogen) atoms. The number of amides is 1. The molecular weight excluding hydrogens is 347 g/mol. The fourth-order valence-corrected chi connectivity index (χ4v) is 1.83. The molecule has 1 amide bonds. The molecule has 0 aliphatic carbocycles. The molecule has 0 unspecified atom stereocenters. The minimum Gasteiger partial charge on any atom is -0.269 e. The molecule has 0 bridgehead atoms. The molecule has 0 spiro atoms. The topological polar surface area (TPSA) is 72.7 Å². The zero-order valence-corrected chi connectivity index (χ0v) is 13.0. The number of nitrogens with zero attached hydrogens (tertiary/aromatic N) is 4. The molecule has 10 heteroatoms. The van der Waals surface area contributed by atoms with Crippen LogP contribution in [0.5, 0.6) is 0 Å². The average Bonchev–Trinajstić information content (AvgIpc) is 2.88. The fourth-order valence-electron chi connectivity index (χ4n) is 1.71. The van der Waals surface area contributed by atoms with Crippen molar-refractivity contribution in [3.05, 3.63) is 53.6 Å². The van der Waals surface area contributed by atoms with Crippen molar-refractivity contribution < 1.29 is 18.0 Å². The summed E-state index contributed by atoms with van der Waals surface area (Å²) >= 11 is 5.58. The molecule has 0 fully saturated rings. The normalized spacial score (nSPS) is 10.9. The van der Waals surface area contributed by atoms with Crippen molar-refractivity contribution in [2.45, 2.75) is 6.30 Å². The van der Waals surface area contributed by atoms with Crippen molar-refractivity contribution >= 4 is 28.5 Å². The van der Waals surface area contributed by atoms with Crippen LogP contribution in [0.1, 0.15) is 10.4 Å². The highest BCUT2D eigenvalue weighted by atomic mass is 35.5. The van der Waals surface area contributed by atoms with Crippen LogP contribution in [-0.4, -0.2) is 32.0 Å². The minimum atomic E-state index is -4.67. The van der Waals surface area contributed by atoms with Gasteiger partial charge in [-0.3, -0.25) is 14.8 Å². The summed E-state index contributed by atoms with van der Waals surface area (Å²) in [6.45, 7) is 0. The van der Waals surface area contributed by atoms with E-state index < -0.39 is 12.2 Å². The van der Waals surface area contributed by atoms with Gasteiger partial charge in [-0.2, -0.15) is 23.3 Å². The van der Waals surface area contributed by atoms with Gasteiger partial charge in [-0.05, 0) is 23.7 Å². The number of carbonyl (C=O) groups excluding carboxylic acids is 1. The second-order valence-corrected chi connectivity index (χ2v) is 4.84. The van der Waals surface area contributed by atoms with E-state index >= 15 is 0 Å². The molecule has 0 saturated carbocycles. The minimum absolute atomic E-state index is 0.0141. The molecule has 6 nitrogen and oxygen atoms in total. The second-order valence-electron chi connectivity index (χ2n) is 4.50. The Morgan fingerprint density at radius 1 is 1.21 bits per heavy atom. The Bertz CT molecular complexity index is 835. The molecule has 0 radical (unpaired) electrons. The van der Waals surface area contributed by atoms with Crippen LogP contribution < -0.4 is 5.32 Å². The van der Waals surface area contributed by atoms with E-state index in [2.05, 4.69) is 15.1 Å². The number of hydrogen-bond acceptors (Lipinski definition) is 4. The monoisotopic (exact) mass is 357 g/mol. The number of halogens is 4. The zero-order valence-electron chi connectivity index (χ0n) is 12.3. The first-order valence-electron chi connectivity index (χ1n) is 6.51. The third kappa shape index (κ3) is 4.92. The number of aryl methyl sites for hydroxylation is 1. The predicted octanol–water partition coefficient (Wildman–Crippen LogP) is 2.95. The summed E-state index contributed by atoms with van der Waals surface area (Å²) in [4.78, 5) is 18.6. The summed E-state index contributed by atoms with van der Waals surface area (Å²) in [6.07, 6.45) is -1.32. The molecule has 126 valence electrons. The van der Waals surface area contributed by atoms with E-state index in [0.29, 0.717) is 0 Å². The van der Waals surface area contributed by atoms with Gasteiger partial charge in [-0.1, -0.05) is 18.2 Å². The van der Waals surface area contributed by atoms with Crippen molar-refractivity contribution in [2.24, 2.45) is 7.05 Å². The first-order valence-corrected chi connectivity index (χ1v) is 6.88. The molecule has 1 N–H and O–H groups in total. The number of aromatic nitrogens is 4. The first kappa shape index (κ1) is 17.7. The number of hydrogen-bond donors (Lipinski definition) is 1. The van der Waals surface area contributed by atoms with Crippen molar-refractivity contribution in [1.29, 1.82) is 0 Å². The Kier molecular flexibility index (Phi) is 5.35. The zero-order chi connectivity index (χ0) is 17.7. The molecule has 1 aromatic carbocycles. The SMILES string of the molecule is Cn1ncc2cnc(Cl)nc21.O=C(NC(F)(F)F)c1ccccc1. The van der Waals surface area contributed by atoms with E-state index in [4.69, 9.17) is 11.6 Å². The second kappa shape index (κ2) is 7.26. The van der Waals surface area contributed by atoms with Gasteiger partial charge in [0.2, 0.25) is 5.28 Å². The summed E-state index contributed by atoms with van der Waals surface area (Å²) in [5, 5.41) is 6.04. The van der Waals surface area contributed by atoms with Crippen molar-refractivity contribution in [3.8, 4) is 0 Å². The lowest BCUT2D eigenvalue weighted by atomic mass is 10.2. The van der Waals surface area contributed by atoms with Gasteiger partial charge < -0.3 is 0 Å². The maximum atomic E-state index is 11.7. The van der Waals surface area contributed by atoms with Gasteiger partial charge >= 0.3 is 6.30 Å². The summed E-state index contributed by atoms with van der Waals surface area (Å²) < 4.78 is 36.6. The largest absolute Gasteiger partial charge is 0.484 e. The Hall–Kier alpha value is -2.68. The van der Waals surface area contributed by atoms with Gasteiger partial charge in [-0.25, -0.2) is 4.98 Å². The smallest absolute Gasteiger partial charge is 0.269 e. The van der Waals surface area contributed by atoms with Gasteiger partial charge in [0.15, 0.2) is 5.65 Å². The van der Waals surface area contributed by atoms with E-state index in [1.54, 1.807) is 23.1 Å². The van der Waals surface area contributed by atoms with E-state index in [0.717, 1.165) is 16.4 Å². The highest BCUT2D eigenvalue weighted by molar-refractivity contribution is 6.28. The molecule has 0 atom stereocenters. The molecule has 0 aliphatic heterocycles. The maximum absolute atomic E-state index is 11.7. The number of fused-ring (bicyclic) bond motifs is 1. The number of carbonyl (C=O) groups is 1. The van der Waals surface area contributed by atoms with Crippen LogP contribution in [0, 0.1) is 0 Å². The van der Waals surface area contributed by atoms with E-state index in [-0.39, 0.29) is 10.8 Å². The lowest BCUT2D eigenvalue weighted by molar-refractivity contribution is -0.146. The third-order valence-electron chi connectivity index (χ3n) is 2.73. The number of benzene rings is 1.